The van der Waals surface area contributed by atoms with Crippen LogP contribution < -0.4 is 14.6 Å². The van der Waals surface area contributed by atoms with Crippen molar-refractivity contribution in [2.45, 2.75) is 44.2 Å². The van der Waals surface area contributed by atoms with E-state index >= 15 is 0 Å². The molecule has 0 aliphatic carbocycles. The molecule has 2 N–H and O–H groups in total. The first-order valence-electron chi connectivity index (χ1n) is 6.17. The number of nitrogens with two attached hydrogens (primary N) is 1. The number of hydrogen-bond donors (Lipinski definition) is 1. The molecule has 0 bridgehead atoms. The first-order chi connectivity index (χ1) is 9.11. The van der Waals surface area contributed by atoms with E-state index in [-0.39, 0.29) is 17.4 Å². The maximum Gasteiger partial charge on any atom is 0.586 e. The fourth-order valence-corrected chi connectivity index (χ4v) is 2.62. The molecule has 1 aliphatic rings. The molecule has 4 nitrogen and oxygen atoms in total. The maximum absolute atomic E-state index is 12.9. The van der Waals surface area contributed by atoms with Gasteiger partial charge in [0.05, 0.1) is 0 Å². The summed E-state index contributed by atoms with van der Waals surface area (Å²) < 4.78 is 45.6. The summed E-state index contributed by atoms with van der Waals surface area (Å²) in [6, 6.07) is 4.68. The monoisotopic (exact) mass is 305 g/mol. The minimum Gasteiger partial charge on any atom is -0.598 e. The van der Waals surface area contributed by atoms with Gasteiger partial charge in [-0.1, -0.05) is 13.0 Å². The molecule has 0 radical (unpaired) electrons. The zero-order valence-corrected chi connectivity index (χ0v) is 12.3. The van der Waals surface area contributed by atoms with Gasteiger partial charge in [0.1, 0.15) is 4.75 Å². The third kappa shape index (κ3) is 3.16. The van der Waals surface area contributed by atoms with Gasteiger partial charge in [-0.25, -0.2) is 0 Å². The molecule has 7 heteroatoms. The van der Waals surface area contributed by atoms with Crippen molar-refractivity contribution in [3.8, 4) is 11.5 Å². The Hall–Kier alpha value is -1.05. The molecular weight excluding hydrogens is 288 g/mol. The van der Waals surface area contributed by atoms with Crippen LogP contribution in [0.4, 0.5) is 8.78 Å². The predicted octanol–water partition coefficient (Wildman–Crippen LogP) is 2.90. The quantitative estimate of drug-likeness (QED) is 0.869. The van der Waals surface area contributed by atoms with Crippen LogP contribution in [0.25, 0.3) is 0 Å². The van der Waals surface area contributed by atoms with Crippen molar-refractivity contribution in [2.75, 3.05) is 0 Å². The van der Waals surface area contributed by atoms with Gasteiger partial charge in [-0.3, -0.25) is 0 Å². The van der Waals surface area contributed by atoms with Crippen molar-refractivity contribution in [1.82, 2.24) is 0 Å². The van der Waals surface area contributed by atoms with Crippen molar-refractivity contribution < 1.29 is 22.8 Å². The lowest BCUT2D eigenvalue weighted by molar-refractivity contribution is -0.286. The normalized spacial score (nSPS) is 19.8. The zero-order valence-electron chi connectivity index (χ0n) is 11.5. The highest BCUT2D eigenvalue weighted by molar-refractivity contribution is 7.90. The first-order valence-corrected chi connectivity index (χ1v) is 7.38. The Bertz CT molecular complexity index is 508. The van der Waals surface area contributed by atoms with Gasteiger partial charge in [0.15, 0.2) is 11.5 Å². The number of hydrogen-bond acceptors (Lipinski definition) is 4. The van der Waals surface area contributed by atoms with Gasteiger partial charge < -0.3 is 14.0 Å². The van der Waals surface area contributed by atoms with E-state index in [0.29, 0.717) is 6.42 Å². The molecule has 0 aromatic heterocycles. The van der Waals surface area contributed by atoms with E-state index in [1.54, 1.807) is 19.9 Å². The Balaban J connectivity index is 2.16. The summed E-state index contributed by atoms with van der Waals surface area (Å²) in [5.74, 6) is 0.0410. The molecule has 1 heterocycles. The Kier molecular flexibility index (Phi) is 3.88. The highest BCUT2D eigenvalue weighted by Crippen LogP contribution is 2.43. The van der Waals surface area contributed by atoms with Gasteiger partial charge in [0.25, 0.3) is 0 Å². The van der Waals surface area contributed by atoms with E-state index < -0.39 is 22.4 Å². The fourth-order valence-electron chi connectivity index (χ4n) is 2.21. The molecule has 2 atom stereocenters. The van der Waals surface area contributed by atoms with Gasteiger partial charge in [-0.2, -0.15) is 5.14 Å². The summed E-state index contributed by atoms with van der Waals surface area (Å²) in [4.78, 5) is 0. The summed E-state index contributed by atoms with van der Waals surface area (Å²) >= 11 is -1.46. The van der Waals surface area contributed by atoms with Crippen molar-refractivity contribution in [1.29, 1.82) is 0 Å². The van der Waals surface area contributed by atoms with Crippen molar-refractivity contribution in [3.63, 3.8) is 0 Å². The molecule has 0 saturated carbocycles. The maximum atomic E-state index is 12.9. The molecule has 1 unspecified atom stereocenters. The smallest absolute Gasteiger partial charge is 0.586 e. The fraction of sp³-hybridized carbons (Fsp3) is 0.538. The van der Waals surface area contributed by atoms with Crippen LogP contribution >= 0.6 is 0 Å². The van der Waals surface area contributed by atoms with E-state index in [0.717, 1.165) is 5.56 Å². The van der Waals surface area contributed by atoms with E-state index in [1.165, 1.54) is 12.1 Å². The highest BCUT2D eigenvalue weighted by atomic mass is 32.2. The highest BCUT2D eigenvalue weighted by Gasteiger charge is 2.43. The van der Waals surface area contributed by atoms with Crippen LogP contribution in [0.15, 0.2) is 18.2 Å². The van der Waals surface area contributed by atoms with Crippen molar-refractivity contribution in [2.24, 2.45) is 5.14 Å². The molecular formula is C13H17F2NO3S. The molecule has 0 fully saturated rings. The van der Waals surface area contributed by atoms with E-state index in [1.807, 2.05) is 6.92 Å². The van der Waals surface area contributed by atoms with Crippen LogP contribution in [0.1, 0.15) is 38.7 Å². The SMILES string of the molecule is C[C@@H](CC(C)(C)[S+](N)[O-])c1ccc2c(c1)OC(F)(F)O2. The number of fused-ring (bicyclic) bond motifs is 1. The van der Waals surface area contributed by atoms with Crippen LogP contribution in [0.2, 0.25) is 0 Å². The summed E-state index contributed by atoms with van der Waals surface area (Å²) in [6.45, 7) is 5.53. The van der Waals surface area contributed by atoms with Crippen LogP contribution in [-0.4, -0.2) is 15.6 Å². The molecule has 0 spiro atoms. The van der Waals surface area contributed by atoms with Crippen LogP contribution in [0, 0.1) is 0 Å². The first kappa shape index (κ1) is 15.3. The standard InChI is InChI=1S/C13H17F2NO3S/c1-8(7-12(2,3)20(16)17)9-4-5-10-11(6-9)19-13(14,15)18-10/h4-6,8H,7,16H2,1-3H3/t8-,20?/m0/s1. The van der Waals surface area contributed by atoms with Crippen molar-refractivity contribution >= 4 is 11.4 Å². The second-order valence-electron chi connectivity index (χ2n) is 5.54. The molecule has 20 heavy (non-hydrogen) atoms. The Morgan fingerprint density at radius 2 is 1.95 bits per heavy atom. The van der Waals surface area contributed by atoms with Crippen LogP contribution in [0.3, 0.4) is 0 Å². The van der Waals surface area contributed by atoms with Crippen LogP contribution in [0.5, 0.6) is 11.5 Å². The lowest BCUT2D eigenvalue weighted by Crippen LogP contribution is -2.38. The number of alkyl halides is 2. The summed E-state index contributed by atoms with van der Waals surface area (Å²) in [5, 5.41) is 5.45. The van der Waals surface area contributed by atoms with Gasteiger partial charge in [0, 0.05) is 17.8 Å². The van der Waals surface area contributed by atoms with Gasteiger partial charge in [0.2, 0.25) is 0 Å². The second kappa shape index (κ2) is 5.05. The van der Waals surface area contributed by atoms with Gasteiger partial charge in [-0.05, 0) is 37.5 Å². The Labute approximate surface area is 119 Å². The molecule has 2 rings (SSSR count). The van der Waals surface area contributed by atoms with Crippen LogP contribution in [-0.2, 0) is 11.4 Å². The third-order valence-electron chi connectivity index (χ3n) is 3.34. The van der Waals surface area contributed by atoms with Gasteiger partial charge >= 0.3 is 6.29 Å². The number of rotatable bonds is 4. The van der Waals surface area contributed by atoms with Crippen molar-refractivity contribution in [3.05, 3.63) is 23.8 Å². The number of halogens is 2. The minimum absolute atomic E-state index is 0.000576. The average molecular weight is 305 g/mol. The van der Waals surface area contributed by atoms with E-state index in [4.69, 9.17) is 5.14 Å². The average Bonchev–Trinajstić information content (AvgIpc) is 2.60. The third-order valence-corrected chi connectivity index (χ3v) is 4.59. The molecule has 1 aromatic rings. The largest absolute Gasteiger partial charge is 0.598 e. The predicted molar refractivity (Wildman–Crippen MR) is 72.1 cm³/mol. The molecule has 1 aliphatic heterocycles. The topological polar surface area (TPSA) is 67.5 Å². The Morgan fingerprint density at radius 3 is 2.55 bits per heavy atom. The van der Waals surface area contributed by atoms with E-state index in [2.05, 4.69) is 9.47 Å². The summed E-state index contributed by atoms with van der Waals surface area (Å²) in [6.07, 6.45) is -3.05. The molecule has 112 valence electrons. The lowest BCUT2D eigenvalue weighted by Gasteiger charge is -2.27. The second-order valence-corrected chi connectivity index (χ2v) is 7.24. The zero-order chi connectivity index (χ0) is 15.1. The molecule has 0 saturated heterocycles. The minimum atomic E-state index is -3.61. The lowest BCUT2D eigenvalue weighted by atomic mass is 9.91. The molecule has 1 aromatic carbocycles. The summed E-state index contributed by atoms with van der Waals surface area (Å²) in [5.41, 5.74) is 0.809. The Morgan fingerprint density at radius 1 is 1.35 bits per heavy atom. The number of ether oxygens (including phenoxy) is 2. The van der Waals surface area contributed by atoms with Gasteiger partial charge in [-0.15, -0.1) is 8.78 Å². The summed E-state index contributed by atoms with van der Waals surface area (Å²) in [7, 11) is 0. The molecule has 0 amide bonds. The van der Waals surface area contributed by atoms with E-state index in [9.17, 15) is 13.3 Å². The number of benzene rings is 1.